The summed E-state index contributed by atoms with van der Waals surface area (Å²) in [5.74, 6) is 0.187. The van der Waals surface area contributed by atoms with Crippen molar-refractivity contribution in [2.24, 2.45) is 11.7 Å². The van der Waals surface area contributed by atoms with Crippen molar-refractivity contribution >= 4 is 10.4 Å². The van der Waals surface area contributed by atoms with Crippen molar-refractivity contribution in [2.45, 2.75) is 135 Å². The van der Waals surface area contributed by atoms with Crippen LogP contribution in [0.3, 0.4) is 0 Å². The Hall–Kier alpha value is -0.250. The quantitative estimate of drug-likeness (QED) is 0.102. The highest BCUT2D eigenvalue weighted by Crippen LogP contribution is 2.16. The van der Waals surface area contributed by atoms with Gasteiger partial charge in [-0.15, -0.1) is 0 Å². The highest BCUT2D eigenvalue weighted by atomic mass is 32.3. The van der Waals surface area contributed by atoms with Gasteiger partial charge in [0.15, 0.2) is 6.29 Å². The molecule has 0 aliphatic carbocycles. The van der Waals surface area contributed by atoms with Gasteiger partial charge in [0.25, 0.3) is 0 Å². The molecule has 0 amide bonds. The van der Waals surface area contributed by atoms with Crippen LogP contribution in [0.25, 0.3) is 0 Å². The molecule has 0 saturated carbocycles. The summed E-state index contributed by atoms with van der Waals surface area (Å²) in [6.45, 7) is 4.29. The zero-order valence-corrected chi connectivity index (χ0v) is 20.2. The van der Waals surface area contributed by atoms with Crippen LogP contribution in [0.15, 0.2) is 0 Å². The van der Waals surface area contributed by atoms with Gasteiger partial charge in [0.2, 0.25) is 0 Å². The van der Waals surface area contributed by atoms with Gasteiger partial charge in [0.05, 0.1) is 6.04 Å². The van der Waals surface area contributed by atoms with Gasteiger partial charge in [-0.25, -0.2) is 0 Å². The molecule has 0 radical (unpaired) electrons. The molecule has 2 atom stereocenters. The SMILES string of the molecule is CCCCCCCCCCCCCCCCCCC(C)C(N)C(O)O.O=S(=O)(O)O. The maximum absolute atomic E-state index is 9.06. The molecule has 0 aliphatic rings. The second-order valence-corrected chi connectivity index (χ2v) is 9.40. The fourth-order valence-electron chi connectivity index (χ4n) is 3.50. The molecule has 8 heteroatoms. The highest BCUT2D eigenvalue weighted by molar-refractivity contribution is 7.79. The van der Waals surface area contributed by atoms with Gasteiger partial charge >= 0.3 is 10.4 Å². The minimum atomic E-state index is -4.67. The predicted molar refractivity (Wildman–Crippen MR) is 124 cm³/mol. The predicted octanol–water partition coefficient (Wildman–Crippen LogP) is 5.26. The van der Waals surface area contributed by atoms with Gasteiger partial charge in [0.1, 0.15) is 0 Å². The largest absolute Gasteiger partial charge is 0.394 e. The molecule has 0 aromatic heterocycles. The Bertz CT molecular complexity index is 437. The minimum Gasteiger partial charge on any atom is -0.367 e. The number of nitrogens with two attached hydrogens (primary N) is 1. The summed E-state index contributed by atoms with van der Waals surface area (Å²) in [5.41, 5.74) is 5.73. The molecule has 0 bridgehead atoms. The summed E-state index contributed by atoms with van der Waals surface area (Å²) >= 11 is 0. The van der Waals surface area contributed by atoms with E-state index in [0.717, 1.165) is 12.8 Å². The van der Waals surface area contributed by atoms with Crippen molar-refractivity contribution in [3.8, 4) is 0 Å². The first-order valence-electron chi connectivity index (χ1n) is 11.9. The Labute approximate surface area is 185 Å². The van der Waals surface area contributed by atoms with Gasteiger partial charge in [0, 0.05) is 0 Å². The van der Waals surface area contributed by atoms with E-state index in [-0.39, 0.29) is 5.92 Å². The lowest BCUT2D eigenvalue weighted by molar-refractivity contribution is -0.0700. The third-order valence-electron chi connectivity index (χ3n) is 5.51. The maximum Gasteiger partial charge on any atom is 0.394 e. The zero-order valence-electron chi connectivity index (χ0n) is 19.3. The van der Waals surface area contributed by atoms with Gasteiger partial charge in [-0.2, -0.15) is 8.42 Å². The lowest BCUT2D eigenvalue weighted by atomic mass is 9.95. The van der Waals surface area contributed by atoms with E-state index in [4.69, 9.17) is 33.5 Å². The fraction of sp³-hybridized carbons (Fsp3) is 1.00. The molecule has 30 heavy (non-hydrogen) atoms. The number of aliphatic hydroxyl groups excluding tert-OH is 1. The summed E-state index contributed by atoms with van der Waals surface area (Å²) in [7, 11) is -4.67. The molecule has 0 spiro atoms. The lowest BCUT2D eigenvalue weighted by Crippen LogP contribution is -2.40. The van der Waals surface area contributed by atoms with Crippen molar-refractivity contribution < 1.29 is 27.7 Å². The Kier molecular flexibility index (Phi) is 23.4. The normalized spacial score (nSPS) is 13.7. The van der Waals surface area contributed by atoms with Gasteiger partial charge in [-0.1, -0.05) is 117 Å². The van der Waals surface area contributed by atoms with E-state index >= 15 is 0 Å². The van der Waals surface area contributed by atoms with E-state index in [2.05, 4.69) is 6.92 Å². The molecule has 6 N–H and O–H groups in total. The molecule has 0 aromatic carbocycles. The molecule has 0 heterocycles. The molecule has 0 aromatic rings. The lowest BCUT2D eigenvalue weighted by Gasteiger charge is -2.21. The summed E-state index contributed by atoms with van der Waals surface area (Å²) in [5, 5.41) is 18.1. The van der Waals surface area contributed by atoms with Gasteiger partial charge < -0.3 is 15.9 Å². The summed E-state index contributed by atoms with van der Waals surface area (Å²) < 4.78 is 31.6. The van der Waals surface area contributed by atoms with E-state index in [0.29, 0.717) is 0 Å². The Morgan fingerprint density at radius 1 is 0.667 bits per heavy atom. The molecule has 0 rings (SSSR count). The van der Waals surface area contributed by atoms with Crippen LogP contribution in [0.1, 0.15) is 123 Å². The fourth-order valence-corrected chi connectivity index (χ4v) is 3.50. The average molecular weight is 456 g/mol. The first kappa shape index (κ1) is 31.9. The second-order valence-electron chi connectivity index (χ2n) is 8.51. The smallest absolute Gasteiger partial charge is 0.367 e. The summed E-state index contributed by atoms with van der Waals surface area (Å²) in [4.78, 5) is 0. The summed E-state index contributed by atoms with van der Waals surface area (Å²) in [6, 6.07) is -0.503. The van der Waals surface area contributed by atoms with Crippen LogP contribution >= 0.6 is 0 Å². The third kappa shape index (κ3) is 29.9. The number of rotatable bonds is 19. The van der Waals surface area contributed by atoms with Crippen LogP contribution in [-0.2, 0) is 10.4 Å². The second kappa shape index (κ2) is 22.0. The standard InChI is InChI=1S/C22H47NO2.H2O4S/c1-3-4-5-6-7-8-9-10-11-12-13-14-15-16-17-18-19-20(2)21(23)22(24)25;1-5(2,3)4/h20-22,24-25H,3-19,23H2,1-2H3;(H2,1,2,3,4). The first-order chi connectivity index (χ1) is 14.1. The van der Waals surface area contributed by atoms with Crippen molar-refractivity contribution in [1.82, 2.24) is 0 Å². The van der Waals surface area contributed by atoms with Crippen LogP contribution in [-0.4, -0.2) is 40.1 Å². The van der Waals surface area contributed by atoms with Crippen LogP contribution < -0.4 is 5.73 Å². The van der Waals surface area contributed by atoms with Crippen LogP contribution in [0.5, 0.6) is 0 Å². The Balaban J connectivity index is 0. The highest BCUT2D eigenvalue weighted by Gasteiger charge is 2.18. The van der Waals surface area contributed by atoms with Crippen molar-refractivity contribution in [3.63, 3.8) is 0 Å². The van der Waals surface area contributed by atoms with Crippen LogP contribution in [0, 0.1) is 5.92 Å². The Morgan fingerprint density at radius 2 is 0.933 bits per heavy atom. The van der Waals surface area contributed by atoms with Gasteiger partial charge in [-0.3, -0.25) is 9.11 Å². The van der Waals surface area contributed by atoms with E-state index < -0.39 is 22.7 Å². The van der Waals surface area contributed by atoms with E-state index in [1.165, 1.54) is 96.3 Å². The first-order valence-corrected chi connectivity index (χ1v) is 13.3. The number of hydrogen-bond acceptors (Lipinski definition) is 5. The molecule has 184 valence electrons. The molecule has 7 nitrogen and oxygen atoms in total. The Morgan fingerprint density at radius 3 is 1.20 bits per heavy atom. The van der Waals surface area contributed by atoms with E-state index in [1.807, 2.05) is 6.92 Å². The van der Waals surface area contributed by atoms with E-state index in [9.17, 15) is 0 Å². The molecular formula is C22H49NO6S. The molecule has 2 unspecified atom stereocenters. The topological polar surface area (TPSA) is 141 Å². The average Bonchev–Trinajstić information content (AvgIpc) is 2.65. The number of unbranched alkanes of at least 4 members (excludes halogenated alkanes) is 15. The number of aliphatic hydroxyl groups is 2. The van der Waals surface area contributed by atoms with Crippen molar-refractivity contribution in [2.75, 3.05) is 0 Å². The van der Waals surface area contributed by atoms with Crippen LogP contribution in [0.4, 0.5) is 0 Å². The molecule has 0 aliphatic heterocycles. The van der Waals surface area contributed by atoms with Gasteiger partial charge in [-0.05, 0) is 12.3 Å². The molecule has 0 saturated heterocycles. The van der Waals surface area contributed by atoms with Crippen molar-refractivity contribution in [1.29, 1.82) is 0 Å². The zero-order chi connectivity index (χ0) is 23.3. The monoisotopic (exact) mass is 455 g/mol. The molecular weight excluding hydrogens is 406 g/mol. The number of hydrogen-bond donors (Lipinski definition) is 5. The molecule has 0 fully saturated rings. The van der Waals surface area contributed by atoms with E-state index in [1.54, 1.807) is 0 Å². The minimum absolute atomic E-state index is 0.187. The maximum atomic E-state index is 9.06. The van der Waals surface area contributed by atoms with Crippen LogP contribution in [0.2, 0.25) is 0 Å². The summed E-state index contributed by atoms with van der Waals surface area (Å²) in [6.07, 6.45) is 21.7. The van der Waals surface area contributed by atoms with Crippen molar-refractivity contribution in [3.05, 3.63) is 0 Å². The third-order valence-corrected chi connectivity index (χ3v) is 5.51.